The molecule has 0 aliphatic carbocycles. The summed E-state index contributed by atoms with van der Waals surface area (Å²) in [6.07, 6.45) is 4.10. The van der Waals surface area contributed by atoms with Crippen LogP contribution in [-0.2, 0) is 11.2 Å². The van der Waals surface area contributed by atoms with Crippen LogP contribution in [0, 0.1) is 0 Å². The zero-order valence-corrected chi connectivity index (χ0v) is 14.1. The Balaban J connectivity index is 1.73. The lowest BCUT2D eigenvalue weighted by Crippen LogP contribution is -2.24. The molecule has 1 aromatic heterocycles. The molecule has 0 saturated carbocycles. The van der Waals surface area contributed by atoms with Gasteiger partial charge in [0.2, 0.25) is 5.95 Å². The molecule has 1 N–H and O–H groups in total. The molecule has 128 valence electrons. The van der Waals surface area contributed by atoms with Crippen molar-refractivity contribution in [3.8, 4) is 0 Å². The molecule has 3 amide bonds. The second-order valence-electron chi connectivity index (χ2n) is 5.79. The minimum atomic E-state index is -0.439. The average Bonchev–Trinajstić information content (AvgIpc) is 2.87. The third-order valence-electron chi connectivity index (χ3n) is 3.99. The van der Waals surface area contributed by atoms with Crippen LogP contribution in [0.25, 0.3) is 6.08 Å². The number of likely N-dealkylation sites (N-methyl/N-ethyl adjacent to an activating group) is 2. The topological polar surface area (TPSA) is 78.4 Å². The van der Waals surface area contributed by atoms with Crippen molar-refractivity contribution in [1.82, 2.24) is 20.2 Å². The minimum absolute atomic E-state index is 0.265. The van der Waals surface area contributed by atoms with Crippen molar-refractivity contribution in [3.05, 3.63) is 59.5 Å². The maximum Gasteiger partial charge on any atom is 0.328 e. The fourth-order valence-electron chi connectivity index (χ4n) is 2.48. The van der Waals surface area contributed by atoms with Gasteiger partial charge < -0.3 is 4.90 Å². The van der Waals surface area contributed by atoms with Crippen molar-refractivity contribution < 1.29 is 9.59 Å². The molecule has 7 nitrogen and oxygen atoms in total. The van der Waals surface area contributed by atoms with Gasteiger partial charge in [0.1, 0.15) is 5.70 Å². The highest BCUT2D eigenvalue weighted by molar-refractivity contribution is 6.13. The highest BCUT2D eigenvalue weighted by Crippen LogP contribution is 2.15. The highest BCUT2D eigenvalue weighted by atomic mass is 16.2. The quantitative estimate of drug-likeness (QED) is 0.663. The van der Waals surface area contributed by atoms with Crippen molar-refractivity contribution in [2.24, 2.45) is 0 Å². The van der Waals surface area contributed by atoms with E-state index in [1.54, 1.807) is 25.4 Å². The first-order valence-electron chi connectivity index (χ1n) is 7.93. The van der Waals surface area contributed by atoms with E-state index in [4.69, 9.17) is 0 Å². The maximum atomic E-state index is 11.8. The molecule has 0 bridgehead atoms. The predicted octanol–water partition coefficient (Wildman–Crippen LogP) is 1.68. The molecule has 2 heterocycles. The largest absolute Gasteiger partial charge is 0.344 e. The van der Waals surface area contributed by atoms with Gasteiger partial charge in [-0.3, -0.25) is 15.0 Å². The number of aromatic nitrogens is 2. The first kappa shape index (κ1) is 16.6. The van der Waals surface area contributed by atoms with Crippen LogP contribution in [0.1, 0.15) is 11.3 Å². The molecule has 1 aliphatic rings. The summed E-state index contributed by atoms with van der Waals surface area (Å²) in [6.45, 7) is 0.767. The second kappa shape index (κ2) is 7.12. The fourth-order valence-corrected chi connectivity index (χ4v) is 2.48. The van der Waals surface area contributed by atoms with Crippen molar-refractivity contribution in [2.75, 3.05) is 25.5 Å². The standard InChI is InChI=1S/C18H19N5O2/c1-22(11-9-13-6-4-3-5-7-13)17-19-10-8-14(20-17)12-15-16(24)21-18(25)23(15)2/h3-8,10,12H,9,11H2,1-2H3,(H,21,24,25)/b15-12+. The molecule has 25 heavy (non-hydrogen) atoms. The fraction of sp³-hybridized carbons (Fsp3) is 0.222. The van der Waals surface area contributed by atoms with Crippen LogP contribution in [0.15, 0.2) is 48.3 Å². The summed E-state index contributed by atoms with van der Waals surface area (Å²) in [4.78, 5) is 35.2. The van der Waals surface area contributed by atoms with E-state index in [1.165, 1.54) is 10.5 Å². The van der Waals surface area contributed by atoms with E-state index in [-0.39, 0.29) is 5.70 Å². The molecule has 3 rings (SSSR count). The molecule has 1 saturated heterocycles. The number of urea groups is 1. The monoisotopic (exact) mass is 337 g/mol. The third kappa shape index (κ3) is 3.82. The second-order valence-corrected chi connectivity index (χ2v) is 5.79. The molecule has 0 atom stereocenters. The van der Waals surface area contributed by atoms with Gasteiger partial charge in [-0.2, -0.15) is 0 Å². The molecular weight excluding hydrogens is 318 g/mol. The zero-order chi connectivity index (χ0) is 17.8. The number of nitrogens with zero attached hydrogens (tertiary/aromatic N) is 4. The number of hydrogen-bond donors (Lipinski definition) is 1. The Labute approximate surface area is 146 Å². The lowest BCUT2D eigenvalue weighted by atomic mass is 10.1. The molecule has 2 aromatic rings. The Morgan fingerprint density at radius 1 is 1.20 bits per heavy atom. The number of rotatable bonds is 5. The molecule has 1 aromatic carbocycles. The SMILES string of the molecule is CN1C(=O)NC(=O)/C1=C\c1ccnc(N(C)CCc2ccccc2)n1. The Morgan fingerprint density at radius 2 is 1.96 bits per heavy atom. The lowest BCUT2D eigenvalue weighted by Gasteiger charge is -2.17. The molecule has 0 radical (unpaired) electrons. The minimum Gasteiger partial charge on any atom is -0.344 e. The molecule has 1 aliphatic heterocycles. The van der Waals surface area contributed by atoms with Crippen LogP contribution in [0.3, 0.4) is 0 Å². The highest BCUT2D eigenvalue weighted by Gasteiger charge is 2.29. The van der Waals surface area contributed by atoms with Gasteiger partial charge in [-0.05, 0) is 24.1 Å². The third-order valence-corrected chi connectivity index (χ3v) is 3.99. The first-order valence-corrected chi connectivity index (χ1v) is 7.93. The summed E-state index contributed by atoms with van der Waals surface area (Å²) in [5.74, 6) is 0.141. The van der Waals surface area contributed by atoms with E-state index in [1.807, 2.05) is 30.1 Å². The maximum absolute atomic E-state index is 11.8. The first-order chi connectivity index (χ1) is 12.0. The molecule has 0 spiro atoms. The number of anilines is 1. The summed E-state index contributed by atoms with van der Waals surface area (Å²) in [6, 6.07) is 11.5. The van der Waals surface area contributed by atoms with Crippen molar-refractivity contribution >= 4 is 24.0 Å². The summed E-state index contributed by atoms with van der Waals surface area (Å²) < 4.78 is 0. The van der Waals surface area contributed by atoms with Crippen molar-refractivity contribution in [2.45, 2.75) is 6.42 Å². The normalized spacial score (nSPS) is 15.6. The van der Waals surface area contributed by atoms with Gasteiger partial charge >= 0.3 is 6.03 Å². The van der Waals surface area contributed by atoms with Gasteiger partial charge in [-0.25, -0.2) is 14.8 Å². The van der Waals surface area contributed by atoms with E-state index in [0.29, 0.717) is 11.6 Å². The van der Waals surface area contributed by atoms with E-state index in [9.17, 15) is 9.59 Å². The van der Waals surface area contributed by atoms with Crippen LogP contribution in [-0.4, -0.2) is 47.4 Å². The van der Waals surface area contributed by atoms with Crippen LogP contribution >= 0.6 is 0 Å². The van der Waals surface area contributed by atoms with Crippen molar-refractivity contribution in [3.63, 3.8) is 0 Å². The number of carbonyl (C=O) groups excluding carboxylic acids is 2. The van der Waals surface area contributed by atoms with E-state index >= 15 is 0 Å². The number of hydrogen-bond acceptors (Lipinski definition) is 5. The van der Waals surface area contributed by atoms with Gasteiger partial charge in [-0.1, -0.05) is 30.3 Å². The smallest absolute Gasteiger partial charge is 0.328 e. The van der Waals surface area contributed by atoms with E-state index < -0.39 is 11.9 Å². The molecule has 0 unspecified atom stereocenters. The van der Waals surface area contributed by atoms with Crippen molar-refractivity contribution in [1.29, 1.82) is 0 Å². The zero-order valence-electron chi connectivity index (χ0n) is 14.1. The number of carbonyl (C=O) groups is 2. The average molecular weight is 337 g/mol. The Bertz CT molecular complexity index is 819. The van der Waals surface area contributed by atoms with Gasteiger partial charge in [0, 0.05) is 26.8 Å². The van der Waals surface area contributed by atoms with E-state index in [0.717, 1.165) is 13.0 Å². The van der Waals surface area contributed by atoms with Crippen LogP contribution in [0.5, 0.6) is 0 Å². The van der Waals surface area contributed by atoms with Crippen LogP contribution in [0.2, 0.25) is 0 Å². The number of amides is 3. The van der Waals surface area contributed by atoms with Gasteiger partial charge in [0.05, 0.1) is 5.69 Å². The summed E-state index contributed by atoms with van der Waals surface area (Å²) in [5.41, 5.74) is 2.08. The molecule has 7 heteroatoms. The number of nitrogens with one attached hydrogen (secondary N) is 1. The number of benzene rings is 1. The Morgan fingerprint density at radius 3 is 2.64 bits per heavy atom. The summed E-state index contributed by atoms with van der Waals surface area (Å²) in [7, 11) is 3.47. The van der Waals surface area contributed by atoms with Crippen LogP contribution in [0.4, 0.5) is 10.7 Å². The molecule has 1 fully saturated rings. The van der Waals surface area contributed by atoms with E-state index in [2.05, 4.69) is 27.4 Å². The lowest BCUT2D eigenvalue weighted by molar-refractivity contribution is -0.115. The van der Waals surface area contributed by atoms with Gasteiger partial charge in [-0.15, -0.1) is 0 Å². The number of imide groups is 1. The van der Waals surface area contributed by atoms with Gasteiger partial charge in [0.15, 0.2) is 0 Å². The Kier molecular flexibility index (Phi) is 4.74. The van der Waals surface area contributed by atoms with Gasteiger partial charge in [0.25, 0.3) is 5.91 Å². The van der Waals surface area contributed by atoms with Crippen LogP contribution < -0.4 is 10.2 Å². The molecular formula is C18H19N5O2. The summed E-state index contributed by atoms with van der Waals surface area (Å²) >= 11 is 0. The predicted molar refractivity (Wildman–Crippen MR) is 94.7 cm³/mol. The summed E-state index contributed by atoms with van der Waals surface area (Å²) in [5, 5.41) is 2.24. The Hall–Kier alpha value is -3.22.